The minimum atomic E-state index is -0.353. The average molecular weight is 260 g/mol. The molecule has 17 heavy (non-hydrogen) atoms. The predicted molar refractivity (Wildman–Crippen MR) is 66.5 cm³/mol. The normalized spacial score (nSPS) is 32.9. The van der Waals surface area contributed by atoms with E-state index in [0.29, 0.717) is 6.10 Å². The first-order chi connectivity index (χ1) is 8.29. The molecule has 0 bridgehead atoms. The van der Waals surface area contributed by atoms with Crippen molar-refractivity contribution in [2.24, 2.45) is 5.84 Å². The highest BCUT2D eigenvalue weighted by Crippen LogP contribution is 2.24. The quantitative estimate of drug-likeness (QED) is 0.426. The van der Waals surface area contributed by atoms with E-state index >= 15 is 0 Å². The number of ether oxygens (including phenoxy) is 2. The van der Waals surface area contributed by atoms with Crippen molar-refractivity contribution in [3.05, 3.63) is 0 Å². The first kappa shape index (κ1) is 13.1. The fourth-order valence-electron chi connectivity index (χ4n) is 2.22. The number of hydrazine groups is 1. The lowest BCUT2D eigenvalue weighted by Crippen LogP contribution is -2.39. The van der Waals surface area contributed by atoms with E-state index in [0.717, 1.165) is 31.0 Å². The maximum absolute atomic E-state index is 11.3. The second kappa shape index (κ2) is 6.58. The molecule has 0 saturated carbocycles. The highest BCUT2D eigenvalue weighted by Gasteiger charge is 2.30. The lowest BCUT2D eigenvalue weighted by Gasteiger charge is -2.13. The highest BCUT2D eigenvalue weighted by atomic mass is 32.2. The Balaban J connectivity index is 1.59. The SMILES string of the molecule is NNC(=O)C1CCC(CSCC2CCCO2)O1. The number of carbonyl (C=O) groups excluding carboxylic acids is 1. The Kier molecular flexibility index (Phi) is 5.09. The van der Waals surface area contributed by atoms with E-state index in [1.807, 2.05) is 11.8 Å². The van der Waals surface area contributed by atoms with Gasteiger partial charge in [-0.05, 0) is 25.7 Å². The van der Waals surface area contributed by atoms with Crippen molar-refractivity contribution >= 4 is 17.7 Å². The van der Waals surface area contributed by atoms with Gasteiger partial charge in [-0.3, -0.25) is 10.2 Å². The third-order valence-corrected chi connectivity index (χ3v) is 4.39. The molecule has 2 aliphatic heterocycles. The fraction of sp³-hybridized carbons (Fsp3) is 0.909. The first-order valence-electron chi connectivity index (χ1n) is 6.15. The van der Waals surface area contributed by atoms with E-state index in [9.17, 15) is 4.79 Å². The molecule has 3 atom stereocenters. The van der Waals surface area contributed by atoms with Crippen LogP contribution in [0.4, 0.5) is 0 Å². The summed E-state index contributed by atoms with van der Waals surface area (Å²) in [6, 6.07) is 0. The van der Waals surface area contributed by atoms with Crippen LogP contribution in [0.25, 0.3) is 0 Å². The Bertz CT molecular complexity index is 259. The van der Waals surface area contributed by atoms with Gasteiger partial charge in [0.2, 0.25) is 0 Å². The van der Waals surface area contributed by atoms with Gasteiger partial charge in [-0.25, -0.2) is 5.84 Å². The number of hydrogen-bond donors (Lipinski definition) is 2. The highest BCUT2D eigenvalue weighted by molar-refractivity contribution is 7.99. The van der Waals surface area contributed by atoms with E-state index in [2.05, 4.69) is 5.43 Å². The molecule has 1 amide bonds. The molecule has 2 aliphatic rings. The van der Waals surface area contributed by atoms with Crippen molar-refractivity contribution < 1.29 is 14.3 Å². The minimum Gasteiger partial charge on any atom is -0.377 e. The zero-order valence-corrected chi connectivity index (χ0v) is 10.7. The van der Waals surface area contributed by atoms with Gasteiger partial charge in [0.25, 0.3) is 5.91 Å². The molecule has 6 heteroatoms. The van der Waals surface area contributed by atoms with Crippen molar-refractivity contribution in [2.45, 2.75) is 44.0 Å². The van der Waals surface area contributed by atoms with E-state index < -0.39 is 0 Å². The molecule has 0 aromatic rings. The maximum Gasteiger partial charge on any atom is 0.263 e. The minimum absolute atomic E-state index is 0.184. The van der Waals surface area contributed by atoms with E-state index in [1.54, 1.807) is 0 Å². The Labute approximate surface area is 106 Å². The summed E-state index contributed by atoms with van der Waals surface area (Å²) >= 11 is 1.86. The third-order valence-electron chi connectivity index (χ3n) is 3.17. The van der Waals surface area contributed by atoms with Gasteiger partial charge in [-0.1, -0.05) is 0 Å². The van der Waals surface area contributed by atoms with Gasteiger partial charge in [0.1, 0.15) is 6.10 Å². The van der Waals surface area contributed by atoms with Crippen molar-refractivity contribution in [3.8, 4) is 0 Å². The zero-order valence-electron chi connectivity index (χ0n) is 9.89. The number of amides is 1. The van der Waals surface area contributed by atoms with Gasteiger partial charge in [-0.2, -0.15) is 11.8 Å². The van der Waals surface area contributed by atoms with Crippen LogP contribution in [0, 0.1) is 0 Å². The third kappa shape index (κ3) is 3.84. The molecule has 0 aromatic carbocycles. The Morgan fingerprint density at radius 2 is 2.12 bits per heavy atom. The van der Waals surface area contributed by atoms with Crippen molar-refractivity contribution in [2.75, 3.05) is 18.1 Å². The molecule has 5 nitrogen and oxygen atoms in total. The molecular weight excluding hydrogens is 240 g/mol. The second-order valence-corrected chi connectivity index (χ2v) is 5.58. The summed E-state index contributed by atoms with van der Waals surface area (Å²) in [5.41, 5.74) is 2.14. The van der Waals surface area contributed by atoms with Gasteiger partial charge in [-0.15, -0.1) is 0 Å². The average Bonchev–Trinajstić information content (AvgIpc) is 2.99. The van der Waals surface area contributed by atoms with Crippen LogP contribution in [-0.4, -0.2) is 42.3 Å². The number of rotatable bonds is 5. The summed E-state index contributed by atoms with van der Waals surface area (Å²) in [5, 5.41) is 0. The number of nitrogens with two attached hydrogens (primary N) is 1. The first-order valence-corrected chi connectivity index (χ1v) is 7.30. The van der Waals surface area contributed by atoms with Gasteiger partial charge in [0.15, 0.2) is 0 Å². The van der Waals surface area contributed by atoms with Crippen molar-refractivity contribution in [1.29, 1.82) is 0 Å². The zero-order chi connectivity index (χ0) is 12.1. The topological polar surface area (TPSA) is 73.6 Å². The van der Waals surface area contributed by atoms with Crippen LogP contribution in [0.5, 0.6) is 0 Å². The van der Waals surface area contributed by atoms with Gasteiger partial charge in [0.05, 0.1) is 12.2 Å². The molecule has 2 fully saturated rings. The standard InChI is InChI=1S/C11H20N2O3S/c12-13-11(14)10-4-3-9(16-10)7-17-6-8-2-1-5-15-8/h8-10H,1-7,12H2,(H,13,14). The second-order valence-electron chi connectivity index (χ2n) is 4.51. The van der Waals surface area contributed by atoms with E-state index in [4.69, 9.17) is 15.3 Å². The van der Waals surface area contributed by atoms with Crippen LogP contribution in [0.3, 0.4) is 0 Å². The summed E-state index contributed by atoms with van der Waals surface area (Å²) in [7, 11) is 0. The van der Waals surface area contributed by atoms with Crippen molar-refractivity contribution in [3.63, 3.8) is 0 Å². The van der Waals surface area contributed by atoms with E-state index in [1.165, 1.54) is 12.8 Å². The monoisotopic (exact) mass is 260 g/mol. The number of nitrogens with one attached hydrogen (secondary N) is 1. The van der Waals surface area contributed by atoms with Crippen LogP contribution in [0.2, 0.25) is 0 Å². The number of thioether (sulfide) groups is 1. The summed E-state index contributed by atoms with van der Waals surface area (Å²) in [6.45, 7) is 0.907. The Hall–Kier alpha value is -0.300. The van der Waals surface area contributed by atoms with Crippen molar-refractivity contribution in [1.82, 2.24) is 5.43 Å². The predicted octanol–water partition coefficient (Wildman–Crippen LogP) is 0.436. The fourth-order valence-corrected chi connectivity index (χ4v) is 3.39. The molecule has 3 N–H and O–H groups in total. The molecule has 2 saturated heterocycles. The number of hydrogen-bond acceptors (Lipinski definition) is 5. The molecule has 98 valence electrons. The summed E-state index contributed by atoms with van der Waals surface area (Å²) in [5.74, 6) is 6.84. The molecule has 0 spiro atoms. The van der Waals surface area contributed by atoms with Crippen LogP contribution >= 0.6 is 11.8 Å². The Morgan fingerprint density at radius 3 is 2.82 bits per heavy atom. The van der Waals surface area contributed by atoms with Crippen LogP contribution in [0.1, 0.15) is 25.7 Å². The lowest BCUT2D eigenvalue weighted by atomic mass is 10.2. The summed E-state index contributed by atoms with van der Waals surface area (Å²) in [6.07, 6.45) is 4.33. The summed E-state index contributed by atoms with van der Waals surface area (Å²) < 4.78 is 11.2. The van der Waals surface area contributed by atoms with Crippen LogP contribution in [0.15, 0.2) is 0 Å². The molecule has 2 heterocycles. The number of carbonyl (C=O) groups is 1. The molecule has 0 aromatic heterocycles. The summed E-state index contributed by atoms with van der Waals surface area (Å²) in [4.78, 5) is 11.3. The largest absolute Gasteiger partial charge is 0.377 e. The molecule has 3 unspecified atom stereocenters. The van der Waals surface area contributed by atoms with Gasteiger partial charge in [0, 0.05) is 18.1 Å². The van der Waals surface area contributed by atoms with Gasteiger partial charge < -0.3 is 9.47 Å². The molecular formula is C11H20N2O3S. The molecule has 2 rings (SSSR count). The lowest BCUT2D eigenvalue weighted by molar-refractivity contribution is -0.131. The van der Waals surface area contributed by atoms with Crippen LogP contribution < -0.4 is 11.3 Å². The molecule has 0 aliphatic carbocycles. The van der Waals surface area contributed by atoms with E-state index in [-0.39, 0.29) is 18.1 Å². The van der Waals surface area contributed by atoms with Crippen LogP contribution in [-0.2, 0) is 14.3 Å². The van der Waals surface area contributed by atoms with Gasteiger partial charge >= 0.3 is 0 Å². The smallest absolute Gasteiger partial charge is 0.263 e. The molecule has 0 radical (unpaired) electrons. The maximum atomic E-state index is 11.3. The Morgan fingerprint density at radius 1 is 1.29 bits per heavy atom.